The van der Waals surface area contributed by atoms with Gasteiger partial charge < -0.3 is 4.98 Å². The molecule has 1 heterocycles. The number of hydrogen-bond acceptors (Lipinski definition) is 3. The second-order valence-electron chi connectivity index (χ2n) is 3.76. The van der Waals surface area contributed by atoms with Crippen LogP contribution in [-0.2, 0) is 6.42 Å². The Balaban J connectivity index is 2.24. The number of alkyl halides is 3. The van der Waals surface area contributed by atoms with Crippen molar-refractivity contribution in [1.29, 1.82) is 0 Å². The van der Waals surface area contributed by atoms with E-state index >= 15 is 0 Å². The average molecular weight is 259 g/mol. The lowest BCUT2D eigenvalue weighted by Crippen LogP contribution is -2.09. The molecule has 0 aliphatic carbocycles. The van der Waals surface area contributed by atoms with Gasteiger partial charge in [0.05, 0.1) is 22.4 Å². The highest BCUT2D eigenvalue weighted by Gasteiger charge is 2.27. The van der Waals surface area contributed by atoms with Crippen LogP contribution in [0.3, 0.4) is 0 Å². The van der Waals surface area contributed by atoms with Crippen molar-refractivity contribution in [2.45, 2.75) is 19.0 Å². The van der Waals surface area contributed by atoms with E-state index in [9.17, 15) is 23.3 Å². The van der Waals surface area contributed by atoms with Gasteiger partial charge in [-0.1, -0.05) is 0 Å². The van der Waals surface area contributed by atoms with Crippen molar-refractivity contribution in [3.63, 3.8) is 0 Å². The molecule has 1 aromatic carbocycles. The molecule has 0 aliphatic heterocycles. The minimum atomic E-state index is -4.25. The summed E-state index contributed by atoms with van der Waals surface area (Å²) in [7, 11) is 0. The molecule has 0 unspecified atom stereocenters. The standard InChI is InChI=1S/C10H8F3N3O2/c11-10(12,13)4-3-9-14-7-2-1-6(16(17)18)5-8(7)15-9/h1-2,5H,3-4H2,(H,14,15). The highest BCUT2D eigenvalue weighted by Crippen LogP contribution is 2.23. The van der Waals surface area contributed by atoms with Crippen LogP contribution in [0.25, 0.3) is 11.0 Å². The summed E-state index contributed by atoms with van der Waals surface area (Å²) in [5.41, 5.74) is 0.646. The van der Waals surface area contributed by atoms with E-state index in [1.165, 1.54) is 18.2 Å². The summed E-state index contributed by atoms with van der Waals surface area (Å²) in [6, 6.07) is 3.91. The molecule has 0 bridgehead atoms. The van der Waals surface area contributed by atoms with Gasteiger partial charge in [0.15, 0.2) is 0 Å². The van der Waals surface area contributed by atoms with Gasteiger partial charge in [0.1, 0.15) is 5.82 Å². The summed E-state index contributed by atoms with van der Waals surface area (Å²) >= 11 is 0. The van der Waals surface area contributed by atoms with Crippen molar-refractivity contribution in [3.8, 4) is 0 Å². The molecule has 0 saturated heterocycles. The van der Waals surface area contributed by atoms with Gasteiger partial charge >= 0.3 is 6.18 Å². The fourth-order valence-electron chi connectivity index (χ4n) is 1.54. The van der Waals surface area contributed by atoms with Crippen LogP contribution < -0.4 is 0 Å². The smallest absolute Gasteiger partial charge is 0.342 e. The predicted octanol–water partition coefficient (Wildman–Crippen LogP) is 2.97. The summed E-state index contributed by atoms with van der Waals surface area (Å²) in [5, 5.41) is 10.5. The van der Waals surface area contributed by atoms with Crippen LogP contribution in [0.4, 0.5) is 18.9 Å². The number of hydrogen-bond donors (Lipinski definition) is 1. The number of nitro groups is 1. The van der Waals surface area contributed by atoms with Crippen LogP contribution in [0.2, 0.25) is 0 Å². The summed E-state index contributed by atoms with van der Waals surface area (Å²) in [5.74, 6) is 0.169. The van der Waals surface area contributed by atoms with Gasteiger partial charge in [-0.15, -0.1) is 0 Å². The van der Waals surface area contributed by atoms with Crippen LogP contribution in [0, 0.1) is 10.1 Å². The molecule has 0 atom stereocenters. The number of benzene rings is 1. The molecule has 0 radical (unpaired) electrons. The van der Waals surface area contributed by atoms with Crippen LogP contribution in [0.5, 0.6) is 0 Å². The largest absolute Gasteiger partial charge is 0.389 e. The number of fused-ring (bicyclic) bond motifs is 1. The van der Waals surface area contributed by atoms with Gasteiger partial charge in [0.2, 0.25) is 0 Å². The van der Waals surface area contributed by atoms with E-state index in [2.05, 4.69) is 9.97 Å². The summed E-state index contributed by atoms with van der Waals surface area (Å²) in [4.78, 5) is 16.5. The third-order valence-electron chi connectivity index (χ3n) is 2.37. The summed E-state index contributed by atoms with van der Waals surface area (Å²) < 4.78 is 36.1. The number of aryl methyl sites for hydroxylation is 1. The fourth-order valence-corrected chi connectivity index (χ4v) is 1.54. The van der Waals surface area contributed by atoms with Crippen molar-refractivity contribution in [1.82, 2.24) is 9.97 Å². The van der Waals surface area contributed by atoms with Gasteiger partial charge in [0.25, 0.3) is 5.69 Å². The van der Waals surface area contributed by atoms with E-state index in [0.717, 1.165) is 0 Å². The molecule has 5 nitrogen and oxygen atoms in total. The highest BCUT2D eigenvalue weighted by molar-refractivity contribution is 5.77. The Hall–Kier alpha value is -2.12. The maximum Gasteiger partial charge on any atom is 0.389 e. The lowest BCUT2D eigenvalue weighted by Gasteiger charge is -2.02. The Kier molecular flexibility index (Phi) is 2.93. The van der Waals surface area contributed by atoms with Crippen LogP contribution >= 0.6 is 0 Å². The van der Waals surface area contributed by atoms with Crippen LogP contribution in [-0.4, -0.2) is 21.1 Å². The van der Waals surface area contributed by atoms with Gasteiger partial charge in [-0.2, -0.15) is 13.2 Å². The lowest BCUT2D eigenvalue weighted by molar-refractivity contribution is -0.384. The minimum Gasteiger partial charge on any atom is -0.342 e. The molecule has 8 heteroatoms. The number of nitrogens with one attached hydrogen (secondary N) is 1. The number of halogens is 3. The van der Waals surface area contributed by atoms with E-state index in [0.29, 0.717) is 11.0 Å². The van der Waals surface area contributed by atoms with E-state index in [4.69, 9.17) is 0 Å². The molecular formula is C10H8F3N3O2. The molecule has 1 aromatic heterocycles. The molecule has 0 fully saturated rings. The number of imidazole rings is 1. The van der Waals surface area contributed by atoms with Crippen LogP contribution in [0.15, 0.2) is 18.2 Å². The lowest BCUT2D eigenvalue weighted by atomic mass is 10.3. The molecule has 0 spiro atoms. The van der Waals surface area contributed by atoms with Crippen LogP contribution in [0.1, 0.15) is 12.2 Å². The monoisotopic (exact) mass is 259 g/mol. The molecule has 0 aliphatic rings. The number of aromatic amines is 1. The van der Waals surface area contributed by atoms with Gasteiger partial charge in [0, 0.05) is 18.6 Å². The molecule has 0 saturated carbocycles. The Labute approximate surface area is 98.8 Å². The van der Waals surface area contributed by atoms with Crippen molar-refractivity contribution in [2.75, 3.05) is 0 Å². The zero-order chi connectivity index (χ0) is 13.3. The summed E-state index contributed by atoms with van der Waals surface area (Å²) in [6.07, 6.45) is -5.49. The molecular weight excluding hydrogens is 251 g/mol. The maximum absolute atomic E-state index is 12.0. The number of nitrogens with zero attached hydrogens (tertiary/aromatic N) is 2. The number of H-pyrrole nitrogens is 1. The van der Waals surface area contributed by atoms with E-state index < -0.39 is 17.5 Å². The Bertz CT molecular complexity index is 592. The van der Waals surface area contributed by atoms with E-state index in [-0.39, 0.29) is 17.9 Å². The predicted molar refractivity (Wildman–Crippen MR) is 57.1 cm³/mol. The zero-order valence-corrected chi connectivity index (χ0v) is 8.99. The SMILES string of the molecule is O=[N+]([O-])c1ccc2nc(CCC(F)(F)F)[nH]c2c1. The Morgan fingerprint density at radius 3 is 2.72 bits per heavy atom. The molecule has 2 rings (SSSR count). The number of nitro benzene ring substituents is 1. The Morgan fingerprint density at radius 2 is 2.11 bits per heavy atom. The number of non-ortho nitro benzene ring substituents is 1. The Morgan fingerprint density at radius 1 is 1.39 bits per heavy atom. The third kappa shape index (κ3) is 2.76. The molecule has 18 heavy (non-hydrogen) atoms. The first kappa shape index (κ1) is 12.3. The first-order chi connectivity index (χ1) is 8.35. The first-order valence-electron chi connectivity index (χ1n) is 5.05. The van der Waals surface area contributed by atoms with Gasteiger partial charge in [-0.05, 0) is 6.07 Å². The number of aromatic nitrogens is 2. The van der Waals surface area contributed by atoms with Crippen molar-refractivity contribution in [2.24, 2.45) is 0 Å². The average Bonchev–Trinajstić information content (AvgIpc) is 2.66. The molecule has 2 aromatic rings. The van der Waals surface area contributed by atoms with E-state index in [1.807, 2.05) is 0 Å². The normalized spacial score (nSPS) is 11.9. The van der Waals surface area contributed by atoms with Crippen molar-refractivity contribution in [3.05, 3.63) is 34.1 Å². The van der Waals surface area contributed by atoms with Crippen molar-refractivity contribution < 1.29 is 18.1 Å². The molecule has 1 N–H and O–H groups in total. The van der Waals surface area contributed by atoms with E-state index in [1.54, 1.807) is 0 Å². The highest BCUT2D eigenvalue weighted by atomic mass is 19.4. The quantitative estimate of drug-likeness (QED) is 0.680. The third-order valence-corrected chi connectivity index (χ3v) is 2.37. The zero-order valence-electron chi connectivity index (χ0n) is 8.99. The summed E-state index contributed by atoms with van der Waals surface area (Å²) in [6.45, 7) is 0. The topological polar surface area (TPSA) is 71.8 Å². The van der Waals surface area contributed by atoms with Crippen molar-refractivity contribution >= 4 is 16.7 Å². The van der Waals surface area contributed by atoms with Gasteiger partial charge in [-0.25, -0.2) is 4.98 Å². The maximum atomic E-state index is 12.0. The molecule has 0 amide bonds. The fraction of sp³-hybridized carbons (Fsp3) is 0.300. The minimum absolute atomic E-state index is 0.131. The number of rotatable bonds is 3. The second-order valence-corrected chi connectivity index (χ2v) is 3.76. The molecule has 96 valence electrons. The first-order valence-corrected chi connectivity index (χ1v) is 5.05. The van der Waals surface area contributed by atoms with Gasteiger partial charge in [-0.3, -0.25) is 10.1 Å². The second kappa shape index (κ2) is 4.28.